The van der Waals surface area contributed by atoms with Crippen LogP contribution in [0.2, 0.25) is 0 Å². The molecule has 1 aromatic heterocycles. The molecule has 1 aliphatic carbocycles. The van der Waals surface area contributed by atoms with E-state index < -0.39 is 5.54 Å². The molecule has 0 saturated heterocycles. The lowest BCUT2D eigenvalue weighted by Crippen LogP contribution is -2.76. The molecule has 1 amide bonds. The van der Waals surface area contributed by atoms with Crippen molar-refractivity contribution in [1.29, 1.82) is 0 Å². The quantitative estimate of drug-likeness (QED) is 0.819. The van der Waals surface area contributed by atoms with Gasteiger partial charge in [0.2, 0.25) is 5.91 Å². The molecule has 0 radical (unpaired) electrons. The molecule has 6 heteroatoms. The van der Waals surface area contributed by atoms with E-state index in [2.05, 4.69) is 30.6 Å². The van der Waals surface area contributed by atoms with Crippen LogP contribution in [0.3, 0.4) is 0 Å². The molecule has 0 spiro atoms. The van der Waals surface area contributed by atoms with Gasteiger partial charge >= 0.3 is 0 Å². The van der Waals surface area contributed by atoms with Crippen molar-refractivity contribution >= 4 is 29.7 Å². The zero-order chi connectivity index (χ0) is 16.6. The van der Waals surface area contributed by atoms with E-state index in [0.29, 0.717) is 19.6 Å². The van der Waals surface area contributed by atoms with E-state index in [1.165, 1.54) is 4.88 Å². The molecule has 2 rings (SSSR count). The number of carbonyl (C=O) groups is 1. The molecule has 0 aromatic carbocycles. The minimum absolute atomic E-state index is 0. The van der Waals surface area contributed by atoms with Gasteiger partial charge in [-0.2, -0.15) is 0 Å². The molecule has 1 heterocycles. The van der Waals surface area contributed by atoms with Gasteiger partial charge in [0.1, 0.15) is 5.54 Å². The number of rotatable bonds is 6. The molecule has 0 aliphatic heterocycles. The molecule has 23 heavy (non-hydrogen) atoms. The largest absolute Gasteiger partial charge is 0.378 e. The third-order valence-corrected chi connectivity index (χ3v) is 6.35. The van der Waals surface area contributed by atoms with Gasteiger partial charge in [0, 0.05) is 35.3 Å². The predicted octanol–water partition coefficient (Wildman–Crippen LogP) is 3.10. The van der Waals surface area contributed by atoms with Crippen molar-refractivity contribution in [3.05, 3.63) is 22.4 Å². The predicted molar refractivity (Wildman–Crippen MR) is 98.3 cm³/mol. The SMILES string of the molecule is CCOC1CC(N)(C(=O)NCC(C)(C)c2cccs2)C1(C)C.Cl. The van der Waals surface area contributed by atoms with Crippen molar-refractivity contribution in [2.45, 2.75) is 58.1 Å². The molecule has 1 aromatic rings. The van der Waals surface area contributed by atoms with Crippen LogP contribution >= 0.6 is 23.7 Å². The summed E-state index contributed by atoms with van der Waals surface area (Å²) in [4.78, 5) is 13.9. The van der Waals surface area contributed by atoms with Gasteiger partial charge in [-0.05, 0) is 18.4 Å². The lowest BCUT2D eigenvalue weighted by molar-refractivity contribution is -0.170. The maximum absolute atomic E-state index is 12.6. The van der Waals surface area contributed by atoms with Gasteiger partial charge in [-0.25, -0.2) is 0 Å². The zero-order valence-electron chi connectivity index (χ0n) is 14.6. The van der Waals surface area contributed by atoms with Crippen molar-refractivity contribution in [3.63, 3.8) is 0 Å². The molecular formula is C17H29ClN2O2S. The van der Waals surface area contributed by atoms with Crippen LogP contribution in [0.15, 0.2) is 17.5 Å². The fraction of sp³-hybridized carbons (Fsp3) is 0.706. The smallest absolute Gasteiger partial charge is 0.240 e. The molecule has 3 N–H and O–H groups in total. The summed E-state index contributed by atoms with van der Waals surface area (Å²) in [6, 6.07) is 4.14. The first-order valence-corrected chi connectivity index (χ1v) is 8.76. The highest BCUT2D eigenvalue weighted by molar-refractivity contribution is 7.10. The highest BCUT2D eigenvalue weighted by atomic mass is 35.5. The second kappa shape index (κ2) is 7.09. The lowest BCUT2D eigenvalue weighted by atomic mass is 9.54. The Hall–Kier alpha value is -0.620. The molecule has 2 atom stereocenters. The summed E-state index contributed by atoms with van der Waals surface area (Å²) in [6.07, 6.45) is 0.637. The molecule has 4 nitrogen and oxygen atoms in total. The molecule has 1 fully saturated rings. The van der Waals surface area contributed by atoms with Crippen LogP contribution in [0.5, 0.6) is 0 Å². The Morgan fingerprint density at radius 1 is 1.52 bits per heavy atom. The van der Waals surface area contributed by atoms with Gasteiger partial charge < -0.3 is 15.8 Å². The number of hydrogen-bond acceptors (Lipinski definition) is 4. The lowest BCUT2D eigenvalue weighted by Gasteiger charge is -2.57. The third kappa shape index (κ3) is 3.58. The Kier molecular flexibility index (Phi) is 6.30. The zero-order valence-corrected chi connectivity index (χ0v) is 16.3. The molecule has 1 aliphatic rings. The summed E-state index contributed by atoms with van der Waals surface area (Å²) < 4.78 is 5.68. The number of nitrogens with two attached hydrogens (primary N) is 1. The van der Waals surface area contributed by atoms with Crippen molar-refractivity contribution in [2.75, 3.05) is 13.2 Å². The van der Waals surface area contributed by atoms with Crippen molar-refractivity contribution in [3.8, 4) is 0 Å². The van der Waals surface area contributed by atoms with Gasteiger partial charge in [-0.3, -0.25) is 4.79 Å². The van der Waals surface area contributed by atoms with Gasteiger partial charge in [-0.15, -0.1) is 23.7 Å². The maximum atomic E-state index is 12.6. The molecule has 2 unspecified atom stereocenters. The minimum atomic E-state index is -0.849. The Morgan fingerprint density at radius 3 is 2.65 bits per heavy atom. The van der Waals surface area contributed by atoms with Crippen LogP contribution in [-0.2, 0) is 14.9 Å². The van der Waals surface area contributed by atoms with E-state index in [9.17, 15) is 4.79 Å². The van der Waals surface area contributed by atoms with Crippen LogP contribution in [0, 0.1) is 5.41 Å². The number of hydrogen-bond donors (Lipinski definition) is 2. The summed E-state index contributed by atoms with van der Waals surface area (Å²) in [5, 5.41) is 5.12. The average Bonchev–Trinajstić information content (AvgIpc) is 2.99. The van der Waals surface area contributed by atoms with Gasteiger partial charge in [0.05, 0.1) is 6.10 Å². The van der Waals surface area contributed by atoms with E-state index in [-0.39, 0.29) is 35.2 Å². The van der Waals surface area contributed by atoms with Crippen LogP contribution in [-0.4, -0.2) is 30.7 Å². The van der Waals surface area contributed by atoms with Crippen LogP contribution < -0.4 is 11.1 Å². The Labute approximate surface area is 149 Å². The van der Waals surface area contributed by atoms with Gasteiger partial charge in [0.15, 0.2) is 0 Å². The molecule has 0 bridgehead atoms. The van der Waals surface area contributed by atoms with E-state index >= 15 is 0 Å². The first-order valence-electron chi connectivity index (χ1n) is 7.88. The monoisotopic (exact) mass is 360 g/mol. The van der Waals surface area contributed by atoms with Gasteiger partial charge in [0.25, 0.3) is 0 Å². The van der Waals surface area contributed by atoms with E-state index in [1.807, 2.05) is 26.8 Å². The Morgan fingerprint density at radius 2 is 2.17 bits per heavy atom. The topological polar surface area (TPSA) is 64.3 Å². The van der Waals surface area contributed by atoms with Gasteiger partial charge in [-0.1, -0.05) is 33.8 Å². The van der Waals surface area contributed by atoms with Crippen LogP contribution in [0.4, 0.5) is 0 Å². The number of halogens is 1. The third-order valence-electron chi connectivity index (χ3n) is 5.11. The maximum Gasteiger partial charge on any atom is 0.240 e. The Bertz CT molecular complexity index is 531. The average molecular weight is 361 g/mol. The Balaban J connectivity index is 0.00000264. The van der Waals surface area contributed by atoms with E-state index in [1.54, 1.807) is 11.3 Å². The molecule has 132 valence electrons. The highest BCUT2D eigenvalue weighted by Gasteiger charge is 2.62. The summed E-state index contributed by atoms with van der Waals surface area (Å²) in [7, 11) is 0. The number of thiophene rings is 1. The summed E-state index contributed by atoms with van der Waals surface area (Å²) >= 11 is 1.71. The first kappa shape index (κ1) is 20.4. The van der Waals surface area contributed by atoms with Crippen molar-refractivity contribution in [2.24, 2.45) is 11.1 Å². The number of amides is 1. The summed E-state index contributed by atoms with van der Waals surface area (Å²) in [5.41, 5.74) is 5.12. The standard InChI is InChI=1S/C17H28N2O2S.ClH/c1-6-21-12-10-17(18,16(12,4)5)14(20)19-11-15(2,3)13-8-7-9-22-13;/h7-9,12H,6,10-11,18H2,1-5H3,(H,19,20);1H. The number of ether oxygens (including phenoxy) is 1. The highest BCUT2D eigenvalue weighted by Crippen LogP contribution is 2.49. The number of nitrogens with one attached hydrogen (secondary N) is 1. The van der Waals surface area contributed by atoms with Crippen molar-refractivity contribution < 1.29 is 9.53 Å². The molecular weight excluding hydrogens is 332 g/mol. The van der Waals surface area contributed by atoms with E-state index in [0.717, 1.165) is 0 Å². The first-order chi connectivity index (χ1) is 10.1. The normalized spacial score (nSPS) is 26.1. The fourth-order valence-electron chi connectivity index (χ4n) is 3.03. The second-order valence-electron chi connectivity index (χ2n) is 7.39. The minimum Gasteiger partial charge on any atom is -0.378 e. The van der Waals surface area contributed by atoms with E-state index in [4.69, 9.17) is 10.5 Å². The fourth-order valence-corrected chi connectivity index (χ4v) is 3.88. The van der Waals surface area contributed by atoms with Crippen molar-refractivity contribution in [1.82, 2.24) is 5.32 Å². The summed E-state index contributed by atoms with van der Waals surface area (Å²) in [6.45, 7) is 11.5. The van der Waals surface area contributed by atoms with Crippen LogP contribution in [0.1, 0.15) is 45.9 Å². The number of carbonyl (C=O) groups excluding carboxylic acids is 1. The summed E-state index contributed by atoms with van der Waals surface area (Å²) in [5.74, 6) is -0.0712. The van der Waals surface area contributed by atoms with Crippen LogP contribution in [0.25, 0.3) is 0 Å². The molecule has 1 saturated carbocycles. The second-order valence-corrected chi connectivity index (χ2v) is 8.33.